The van der Waals surface area contributed by atoms with Crippen molar-refractivity contribution < 1.29 is 22.5 Å². The Balaban J connectivity index is 3.39. The van der Waals surface area contributed by atoms with Crippen LogP contribution in [0, 0.1) is 15.9 Å². The molecule has 0 aliphatic carbocycles. The molecule has 0 amide bonds. The first-order chi connectivity index (χ1) is 9.20. The fourth-order valence-corrected chi connectivity index (χ4v) is 2.48. The number of nitrogens with zero attached hydrogens (tertiary/aromatic N) is 1. The van der Waals surface area contributed by atoms with Gasteiger partial charge < -0.3 is 4.74 Å². The summed E-state index contributed by atoms with van der Waals surface area (Å²) >= 11 is 0. The molecule has 1 aromatic carbocycles. The van der Waals surface area contributed by atoms with Gasteiger partial charge in [0.25, 0.3) is 9.05 Å². The van der Waals surface area contributed by atoms with Gasteiger partial charge in [0.1, 0.15) is 10.7 Å². The number of nitro benzene ring substituents is 1. The van der Waals surface area contributed by atoms with E-state index in [0.717, 1.165) is 0 Å². The van der Waals surface area contributed by atoms with Gasteiger partial charge in [0.05, 0.1) is 11.0 Å². The Kier molecular flexibility index (Phi) is 5.29. The predicted molar refractivity (Wildman–Crippen MR) is 71.1 cm³/mol. The Morgan fingerprint density at radius 2 is 1.95 bits per heavy atom. The number of benzene rings is 1. The van der Waals surface area contributed by atoms with Crippen LogP contribution in [-0.4, -0.2) is 19.4 Å². The molecule has 0 saturated carbocycles. The van der Waals surface area contributed by atoms with Gasteiger partial charge in [-0.25, -0.2) is 12.8 Å². The van der Waals surface area contributed by atoms with E-state index < -0.39 is 30.4 Å². The number of halogens is 2. The zero-order valence-electron chi connectivity index (χ0n) is 10.8. The van der Waals surface area contributed by atoms with Crippen molar-refractivity contribution in [2.24, 2.45) is 0 Å². The molecular formula is C11H13ClFNO5S. The average Bonchev–Trinajstić information content (AvgIpc) is 2.33. The maximum atomic E-state index is 13.7. The summed E-state index contributed by atoms with van der Waals surface area (Å²) in [6.07, 6.45) is 0.821. The number of hydrogen-bond donors (Lipinski definition) is 0. The summed E-state index contributed by atoms with van der Waals surface area (Å²) in [4.78, 5) is 9.15. The fourth-order valence-electron chi connectivity index (χ4n) is 1.58. The third kappa shape index (κ3) is 3.80. The van der Waals surface area contributed by atoms with E-state index >= 15 is 0 Å². The highest BCUT2D eigenvalue weighted by molar-refractivity contribution is 8.13. The van der Waals surface area contributed by atoms with Gasteiger partial charge in [-0.1, -0.05) is 13.8 Å². The fraction of sp³-hybridized carbons (Fsp3) is 0.455. The number of ether oxygens (including phenoxy) is 1. The standard InChI is InChI=1S/C11H13ClFNO5S/c1-3-7(4-2)19-10-5-8(13)11(20(12,17)18)6-9(10)14(15)16/h5-7H,3-4H2,1-2H3. The minimum absolute atomic E-state index is 0.315. The molecule has 0 aliphatic rings. The average molecular weight is 326 g/mol. The molecule has 0 bridgehead atoms. The monoisotopic (exact) mass is 325 g/mol. The van der Waals surface area contributed by atoms with E-state index in [2.05, 4.69) is 0 Å². The van der Waals surface area contributed by atoms with Crippen LogP contribution in [0.2, 0.25) is 0 Å². The first-order valence-electron chi connectivity index (χ1n) is 5.79. The van der Waals surface area contributed by atoms with E-state index in [4.69, 9.17) is 15.4 Å². The van der Waals surface area contributed by atoms with Crippen molar-refractivity contribution in [2.45, 2.75) is 37.7 Å². The largest absolute Gasteiger partial charge is 0.483 e. The number of hydrogen-bond acceptors (Lipinski definition) is 5. The Morgan fingerprint density at radius 3 is 2.35 bits per heavy atom. The molecule has 9 heteroatoms. The molecule has 1 aromatic rings. The molecule has 0 heterocycles. The molecule has 1 rings (SSSR count). The maximum Gasteiger partial charge on any atom is 0.312 e. The third-order valence-electron chi connectivity index (χ3n) is 2.68. The van der Waals surface area contributed by atoms with Gasteiger partial charge in [-0.15, -0.1) is 0 Å². The highest BCUT2D eigenvalue weighted by Crippen LogP contribution is 2.34. The van der Waals surface area contributed by atoms with Crippen molar-refractivity contribution in [3.8, 4) is 5.75 Å². The lowest BCUT2D eigenvalue weighted by Gasteiger charge is -2.16. The van der Waals surface area contributed by atoms with Crippen LogP contribution in [0.5, 0.6) is 5.75 Å². The SMILES string of the molecule is CCC(CC)Oc1cc(F)c(S(=O)(=O)Cl)cc1[N+](=O)[O-]. The summed E-state index contributed by atoms with van der Waals surface area (Å²) in [6, 6.07) is 1.24. The van der Waals surface area contributed by atoms with E-state index in [-0.39, 0.29) is 11.9 Å². The summed E-state index contributed by atoms with van der Waals surface area (Å²) in [5.74, 6) is -1.50. The van der Waals surface area contributed by atoms with E-state index in [0.29, 0.717) is 25.0 Å². The highest BCUT2D eigenvalue weighted by atomic mass is 35.7. The van der Waals surface area contributed by atoms with Crippen molar-refractivity contribution in [3.05, 3.63) is 28.1 Å². The van der Waals surface area contributed by atoms with Crippen molar-refractivity contribution in [1.29, 1.82) is 0 Å². The van der Waals surface area contributed by atoms with Gasteiger partial charge in [-0.05, 0) is 12.8 Å². The van der Waals surface area contributed by atoms with Crippen molar-refractivity contribution in [2.75, 3.05) is 0 Å². The normalized spacial score (nSPS) is 11.7. The molecule has 0 spiro atoms. The lowest BCUT2D eigenvalue weighted by atomic mass is 10.2. The predicted octanol–water partition coefficient (Wildman–Crippen LogP) is 3.23. The molecule has 20 heavy (non-hydrogen) atoms. The van der Waals surface area contributed by atoms with Gasteiger partial charge >= 0.3 is 5.69 Å². The Bertz CT molecular complexity index is 615. The zero-order valence-corrected chi connectivity index (χ0v) is 12.4. The van der Waals surface area contributed by atoms with E-state index in [1.807, 2.05) is 13.8 Å². The smallest absolute Gasteiger partial charge is 0.312 e. The minimum atomic E-state index is -4.41. The van der Waals surface area contributed by atoms with Crippen LogP contribution < -0.4 is 4.74 Å². The number of nitro groups is 1. The molecule has 0 aromatic heterocycles. The summed E-state index contributed by atoms with van der Waals surface area (Å²) in [6.45, 7) is 3.63. The molecular weight excluding hydrogens is 313 g/mol. The molecule has 0 saturated heterocycles. The van der Waals surface area contributed by atoms with Crippen LogP contribution in [0.1, 0.15) is 26.7 Å². The molecule has 0 unspecified atom stereocenters. The van der Waals surface area contributed by atoms with Crippen LogP contribution in [-0.2, 0) is 9.05 Å². The van der Waals surface area contributed by atoms with E-state index in [1.165, 1.54) is 0 Å². The van der Waals surface area contributed by atoms with Gasteiger partial charge in [0, 0.05) is 22.8 Å². The summed E-state index contributed by atoms with van der Waals surface area (Å²) in [5, 5.41) is 10.9. The second-order valence-corrected chi connectivity index (χ2v) is 6.54. The maximum absolute atomic E-state index is 13.7. The van der Waals surface area contributed by atoms with Crippen LogP contribution in [0.3, 0.4) is 0 Å². The van der Waals surface area contributed by atoms with E-state index in [9.17, 15) is 22.9 Å². The molecule has 0 aliphatic heterocycles. The first kappa shape index (κ1) is 16.6. The third-order valence-corrected chi connectivity index (χ3v) is 4.01. The van der Waals surface area contributed by atoms with Crippen molar-refractivity contribution >= 4 is 25.4 Å². The molecule has 6 nitrogen and oxygen atoms in total. The summed E-state index contributed by atoms with van der Waals surface area (Å²) in [7, 11) is 0.613. The van der Waals surface area contributed by atoms with Gasteiger partial charge in [-0.3, -0.25) is 10.1 Å². The van der Waals surface area contributed by atoms with Crippen molar-refractivity contribution in [3.63, 3.8) is 0 Å². The topological polar surface area (TPSA) is 86.5 Å². The minimum Gasteiger partial charge on any atom is -0.483 e. The Labute approximate surface area is 120 Å². The molecule has 0 atom stereocenters. The Hall–Kier alpha value is -1.41. The van der Waals surface area contributed by atoms with Gasteiger partial charge in [-0.2, -0.15) is 0 Å². The molecule has 0 N–H and O–H groups in total. The Morgan fingerprint density at radius 1 is 1.40 bits per heavy atom. The second kappa shape index (κ2) is 6.36. The molecule has 0 fully saturated rings. The first-order valence-corrected chi connectivity index (χ1v) is 8.10. The van der Waals surface area contributed by atoms with Crippen LogP contribution in [0.25, 0.3) is 0 Å². The zero-order chi connectivity index (χ0) is 15.5. The van der Waals surface area contributed by atoms with Gasteiger partial charge in [0.2, 0.25) is 0 Å². The summed E-state index contributed by atoms with van der Waals surface area (Å²) in [5.41, 5.74) is -0.641. The molecule has 112 valence electrons. The lowest BCUT2D eigenvalue weighted by molar-refractivity contribution is -0.386. The number of rotatable bonds is 6. The molecule has 0 radical (unpaired) electrons. The quantitative estimate of drug-likeness (QED) is 0.455. The van der Waals surface area contributed by atoms with Crippen LogP contribution in [0.15, 0.2) is 17.0 Å². The van der Waals surface area contributed by atoms with E-state index in [1.54, 1.807) is 0 Å². The van der Waals surface area contributed by atoms with Gasteiger partial charge in [0.15, 0.2) is 5.75 Å². The van der Waals surface area contributed by atoms with Crippen molar-refractivity contribution in [1.82, 2.24) is 0 Å². The lowest BCUT2D eigenvalue weighted by Crippen LogP contribution is -2.15. The van der Waals surface area contributed by atoms with Crippen LogP contribution >= 0.6 is 10.7 Å². The second-order valence-electron chi connectivity index (χ2n) is 4.00. The summed E-state index contributed by atoms with van der Waals surface area (Å²) < 4.78 is 41.3. The van der Waals surface area contributed by atoms with Crippen LogP contribution in [0.4, 0.5) is 10.1 Å². The highest BCUT2D eigenvalue weighted by Gasteiger charge is 2.26.